The Hall–Kier alpha value is -0.860. The largest absolute Gasteiger partial charge is 0.324 e. The molecule has 104 valence electrons. The first kappa shape index (κ1) is 13.1. The maximum Gasteiger partial charge on any atom is 0.0283 e. The van der Waals surface area contributed by atoms with Gasteiger partial charge in [0, 0.05) is 25.2 Å². The van der Waals surface area contributed by atoms with Crippen LogP contribution < -0.4 is 5.73 Å². The second-order valence-corrected chi connectivity index (χ2v) is 6.47. The normalized spacial score (nSPS) is 23.6. The highest BCUT2D eigenvalue weighted by molar-refractivity contribution is 5.28. The number of benzene rings is 1. The molecule has 0 unspecified atom stereocenters. The van der Waals surface area contributed by atoms with Gasteiger partial charge in [0.25, 0.3) is 0 Å². The van der Waals surface area contributed by atoms with Crippen molar-refractivity contribution in [1.82, 2.24) is 4.90 Å². The van der Waals surface area contributed by atoms with Crippen LogP contribution in [0, 0.1) is 0 Å². The Labute approximate surface area is 117 Å². The number of nitrogens with two attached hydrogens (primary N) is 1. The van der Waals surface area contributed by atoms with Gasteiger partial charge in [0.15, 0.2) is 0 Å². The number of rotatable bonds is 2. The molecular formula is C17H26N2. The Bertz CT molecular complexity index is 394. The minimum absolute atomic E-state index is 0.0920. The molecule has 19 heavy (non-hydrogen) atoms. The van der Waals surface area contributed by atoms with Gasteiger partial charge in [-0.1, -0.05) is 43.5 Å². The summed E-state index contributed by atoms with van der Waals surface area (Å²) in [4.78, 5) is 2.60. The molecule has 1 fully saturated rings. The van der Waals surface area contributed by atoms with Crippen LogP contribution in [0.5, 0.6) is 0 Å². The smallest absolute Gasteiger partial charge is 0.0283 e. The van der Waals surface area contributed by atoms with E-state index in [2.05, 4.69) is 29.2 Å². The Balaban J connectivity index is 1.62. The fourth-order valence-electron chi connectivity index (χ4n) is 3.73. The van der Waals surface area contributed by atoms with E-state index >= 15 is 0 Å². The van der Waals surface area contributed by atoms with E-state index in [0.717, 1.165) is 6.54 Å². The summed E-state index contributed by atoms with van der Waals surface area (Å²) < 4.78 is 0. The summed E-state index contributed by atoms with van der Waals surface area (Å²) in [5, 5.41) is 0. The monoisotopic (exact) mass is 258 g/mol. The third-order valence-corrected chi connectivity index (χ3v) is 4.90. The fourth-order valence-corrected chi connectivity index (χ4v) is 3.73. The first-order chi connectivity index (χ1) is 9.25. The van der Waals surface area contributed by atoms with Crippen molar-refractivity contribution >= 4 is 0 Å². The van der Waals surface area contributed by atoms with Gasteiger partial charge in [-0.25, -0.2) is 0 Å². The third-order valence-electron chi connectivity index (χ3n) is 4.90. The summed E-state index contributed by atoms with van der Waals surface area (Å²) in [6, 6.07) is 8.91. The molecule has 0 radical (unpaired) electrons. The van der Waals surface area contributed by atoms with Gasteiger partial charge in [0.1, 0.15) is 0 Å². The number of hydrogen-bond acceptors (Lipinski definition) is 2. The molecule has 2 N–H and O–H groups in total. The van der Waals surface area contributed by atoms with E-state index < -0.39 is 0 Å². The van der Waals surface area contributed by atoms with E-state index in [4.69, 9.17) is 5.73 Å². The predicted molar refractivity (Wildman–Crippen MR) is 80.3 cm³/mol. The Kier molecular flexibility index (Phi) is 3.90. The molecule has 1 heterocycles. The van der Waals surface area contributed by atoms with Gasteiger partial charge < -0.3 is 10.6 Å². The molecule has 2 heteroatoms. The van der Waals surface area contributed by atoms with Gasteiger partial charge in [-0.3, -0.25) is 0 Å². The van der Waals surface area contributed by atoms with E-state index in [1.54, 1.807) is 11.1 Å². The second-order valence-electron chi connectivity index (χ2n) is 6.47. The fraction of sp³-hybridized carbons (Fsp3) is 0.647. The lowest BCUT2D eigenvalue weighted by Gasteiger charge is -2.37. The molecule has 0 aromatic heterocycles. The molecule has 1 aliphatic heterocycles. The topological polar surface area (TPSA) is 29.3 Å². The molecule has 2 aliphatic rings. The number of nitrogens with zero attached hydrogens (tertiary/aromatic N) is 1. The van der Waals surface area contributed by atoms with Crippen LogP contribution in [-0.4, -0.2) is 30.1 Å². The van der Waals surface area contributed by atoms with Gasteiger partial charge in [-0.15, -0.1) is 0 Å². The van der Waals surface area contributed by atoms with E-state index in [-0.39, 0.29) is 5.54 Å². The Morgan fingerprint density at radius 1 is 0.947 bits per heavy atom. The summed E-state index contributed by atoms with van der Waals surface area (Å²) in [5.41, 5.74) is 9.78. The summed E-state index contributed by atoms with van der Waals surface area (Å²) in [6.07, 6.45) is 8.84. The van der Waals surface area contributed by atoms with Crippen molar-refractivity contribution in [2.24, 2.45) is 5.73 Å². The van der Waals surface area contributed by atoms with Crippen molar-refractivity contribution in [3.05, 3.63) is 35.4 Å². The quantitative estimate of drug-likeness (QED) is 0.884. The summed E-state index contributed by atoms with van der Waals surface area (Å²) in [5.74, 6) is 0. The highest BCUT2D eigenvalue weighted by Gasteiger charge is 2.30. The average molecular weight is 258 g/mol. The molecule has 0 atom stereocenters. The zero-order valence-corrected chi connectivity index (χ0v) is 11.9. The molecule has 1 aliphatic carbocycles. The molecule has 1 aromatic carbocycles. The van der Waals surface area contributed by atoms with Gasteiger partial charge in [-0.05, 0) is 36.8 Å². The van der Waals surface area contributed by atoms with Crippen LogP contribution >= 0.6 is 0 Å². The highest BCUT2D eigenvalue weighted by atomic mass is 15.1. The van der Waals surface area contributed by atoms with E-state index in [1.165, 1.54) is 58.0 Å². The molecule has 0 spiro atoms. The zero-order chi connectivity index (χ0) is 13.1. The van der Waals surface area contributed by atoms with Gasteiger partial charge >= 0.3 is 0 Å². The maximum atomic E-state index is 6.60. The summed E-state index contributed by atoms with van der Waals surface area (Å²) in [6.45, 7) is 3.45. The molecule has 1 aromatic rings. The van der Waals surface area contributed by atoms with Crippen molar-refractivity contribution in [2.75, 3.05) is 19.6 Å². The molecule has 1 saturated carbocycles. The van der Waals surface area contributed by atoms with Gasteiger partial charge in [0.2, 0.25) is 0 Å². The average Bonchev–Trinajstić information content (AvgIpc) is 2.62. The lowest BCUT2D eigenvalue weighted by Crippen LogP contribution is -2.51. The highest BCUT2D eigenvalue weighted by Crippen LogP contribution is 2.27. The molecule has 0 amide bonds. The van der Waals surface area contributed by atoms with Crippen LogP contribution in [0.4, 0.5) is 0 Å². The SMILES string of the molecule is NC1(CN2CCc3ccccc3CC2)CCCCC1. The minimum Gasteiger partial charge on any atom is -0.324 e. The van der Waals surface area contributed by atoms with Crippen LogP contribution in [0.1, 0.15) is 43.2 Å². The van der Waals surface area contributed by atoms with Crippen molar-refractivity contribution in [2.45, 2.75) is 50.5 Å². The van der Waals surface area contributed by atoms with Crippen molar-refractivity contribution < 1.29 is 0 Å². The van der Waals surface area contributed by atoms with E-state index in [9.17, 15) is 0 Å². The third kappa shape index (κ3) is 3.18. The zero-order valence-electron chi connectivity index (χ0n) is 11.9. The van der Waals surface area contributed by atoms with E-state index in [1.807, 2.05) is 0 Å². The lowest BCUT2D eigenvalue weighted by atomic mass is 9.82. The molecule has 0 saturated heterocycles. The number of fused-ring (bicyclic) bond motifs is 1. The lowest BCUT2D eigenvalue weighted by molar-refractivity contribution is 0.177. The molecule has 0 bridgehead atoms. The summed E-state index contributed by atoms with van der Waals surface area (Å²) >= 11 is 0. The van der Waals surface area contributed by atoms with E-state index in [0.29, 0.717) is 0 Å². The molecular weight excluding hydrogens is 232 g/mol. The standard InChI is InChI=1S/C17H26N2/c18-17(10-4-1-5-11-17)14-19-12-8-15-6-2-3-7-16(15)9-13-19/h2-3,6-7H,1,4-5,8-14,18H2. The number of hydrogen-bond donors (Lipinski definition) is 1. The maximum absolute atomic E-state index is 6.60. The van der Waals surface area contributed by atoms with Crippen molar-refractivity contribution in [3.8, 4) is 0 Å². The predicted octanol–water partition coefficient (Wildman–Crippen LogP) is 2.75. The van der Waals surface area contributed by atoms with Crippen molar-refractivity contribution in [3.63, 3.8) is 0 Å². The Morgan fingerprint density at radius 3 is 2.11 bits per heavy atom. The summed E-state index contributed by atoms with van der Waals surface area (Å²) in [7, 11) is 0. The second kappa shape index (κ2) is 5.64. The molecule has 3 rings (SSSR count). The van der Waals surface area contributed by atoms with Crippen LogP contribution in [0.3, 0.4) is 0 Å². The van der Waals surface area contributed by atoms with Gasteiger partial charge in [-0.2, -0.15) is 0 Å². The minimum atomic E-state index is 0.0920. The van der Waals surface area contributed by atoms with Gasteiger partial charge in [0.05, 0.1) is 0 Å². The first-order valence-electron chi connectivity index (χ1n) is 7.83. The first-order valence-corrected chi connectivity index (χ1v) is 7.83. The van der Waals surface area contributed by atoms with Crippen LogP contribution in [0.25, 0.3) is 0 Å². The Morgan fingerprint density at radius 2 is 1.53 bits per heavy atom. The molecule has 2 nitrogen and oxygen atoms in total. The van der Waals surface area contributed by atoms with Crippen LogP contribution in [0.15, 0.2) is 24.3 Å². The van der Waals surface area contributed by atoms with Crippen molar-refractivity contribution in [1.29, 1.82) is 0 Å². The van der Waals surface area contributed by atoms with Crippen LogP contribution in [0.2, 0.25) is 0 Å². The van der Waals surface area contributed by atoms with Crippen LogP contribution in [-0.2, 0) is 12.8 Å².